The van der Waals surface area contributed by atoms with Crippen LogP contribution in [0.2, 0.25) is 0 Å². The van der Waals surface area contributed by atoms with Crippen LogP contribution in [0.1, 0.15) is 12.7 Å². The molecule has 1 N–H and O–H groups in total. The van der Waals surface area contributed by atoms with E-state index < -0.39 is 0 Å². The van der Waals surface area contributed by atoms with Crippen LogP contribution in [0, 0.1) is 6.92 Å². The minimum atomic E-state index is -0.00320. The van der Waals surface area contributed by atoms with Crippen molar-refractivity contribution in [2.24, 2.45) is 7.05 Å². The molecule has 0 saturated heterocycles. The van der Waals surface area contributed by atoms with E-state index in [9.17, 15) is 4.79 Å². The molecule has 2 aromatic heterocycles. The van der Waals surface area contributed by atoms with Crippen molar-refractivity contribution in [3.8, 4) is 11.4 Å². The molecule has 7 heteroatoms. The van der Waals surface area contributed by atoms with E-state index >= 15 is 0 Å². The van der Waals surface area contributed by atoms with Crippen molar-refractivity contribution in [1.82, 2.24) is 20.1 Å². The van der Waals surface area contributed by atoms with Crippen molar-refractivity contribution in [2.45, 2.75) is 19.0 Å². The van der Waals surface area contributed by atoms with E-state index in [1.165, 1.54) is 11.8 Å². The molecule has 0 unspecified atom stereocenters. The fourth-order valence-electron chi connectivity index (χ4n) is 1.67. The number of furan rings is 1. The summed E-state index contributed by atoms with van der Waals surface area (Å²) in [4.78, 5) is 11.4. The lowest BCUT2D eigenvalue weighted by Gasteiger charge is -2.03. The minimum Gasteiger partial charge on any atom is -0.469 e. The van der Waals surface area contributed by atoms with Gasteiger partial charge in [0.15, 0.2) is 11.0 Å². The SMILES string of the molecule is CCNC(=O)CSc1nnc(-c2ccoc2C)n1C. The summed E-state index contributed by atoms with van der Waals surface area (Å²) in [5.41, 5.74) is 0.917. The number of carbonyl (C=O) groups is 1. The molecule has 1 amide bonds. The number of hydrogen-bond acceptors (Lipinski definition) is 5. The summed E-state index contributed by atoms with van der Waals surface area (Å²) in [6.07, 6.45) is 1.63. The molecule has 0 spiro atoms. The van der Waals surface area contributed by atoms with Crippen molar-refractivity contribution >= 4 is 17.7 Å². The molecule has 0 aromatic carbocycles. The second kappa shape index (κ2) is 5.92. The molecule has 6 nitrogen and oxygen atoms in total. The lowest BCUT2D eigenvalue weighted by atomic mass is 10.2. The summed E-state index contributed by atoms with van der Waals surface area (Å²) in [5, 5.41) is 11.7. The van der Waals surface area contributed by atoms with E-state index in [0.717, 1.165) is 17.1 Å². The first-order valence-electron chi connectivity index (χ1n) is 5.96. The third-order valence-electron chi connectivity index (χ3n) is 2.64. The number of carbonyl (C=O) groups excluding carboxylic acids is 1. The number of aromatic nitrogens is 3. The molecule has 0 fully saturated rings. The smallest absolute Gasteiger partial charge is 0.230 e. The molecule has 102 valence electrons. The largest absolute Gasteiger partial charge is 0.469 e. The molecule has 19 heavy (non-hydrogen) atoms. The van der Waals surface area contributed by atoms with E-state index in [1.807, 2.05) is 31.5 Å². The van der Waals surface area contributed by atoms with E-state index in [0.29, 0.717) is 17.5 Å². The van der Waals surface area contributed by atoms with Crippen LogP contribution in [0.4, 0.5) is 0 Å². The van der Waals surface area contributed by atoms with Crippen molar-refractivity contribution in [2.75, 3.05) is 12.3 Å². The van der Waals surface area contributed by atoms with Gasteiger partial charge in [-0.25, -0.2) is 0 Å². The Kier molecular flexibility index (Phi) is 4.26. The Hall–Kier alpha value is -1.76. The lowest BCUT2D eigenvalue weighted by Crippen LogP contribution is -2.24. The highest BCUT2D eigenvalue weighted by molar-refractivity contribution is 7.99. The van der Waals surface area contributed by atoms with Crippen LogP contribution in [0.15, 0.2) is 21.9 Å². The van der Waals surface area contributed by atoms with Crippen LogP contribution in [0.3, 0.4) is 0 Å². The first-order valence-corrected chi connectivity index (χ1v) is 6.95. The van der Waals surface area contributed by atoms with Gasteiger partial charge >= 0.3 is 0 Å². The van der Waals surface area contributed by atoms with Gasteiger partial charge in [0.05, 0.1) is 17.6 Å². The number of rotatable bonds is 5. The fourth-order valence-corrected chi connectivity index (χ4v) is 2.41. The van der Waals surface area contributed by atoms with Gasteiger partial charge in [0.2, 0.25) is 5.91 Å². The molecule has 0 aliphatic heterocycles. The monoisotopic (exact) mass is 280 g/mol. The molecule has 0 bridgehead atoms. The van der Waals surface area contributed by atoms with Crippen LogP contribution in [-0.2, 0) is 11.8 Å². The number of hydrogen-bond donors (Lipinski definition) is 1. The Morgan fingerprint density at radius 2 is 2.32 bits per heavy atom. The number of thioether (sulfide) groups is 1. The molecule has 0 saturated carbocycles. The number of amides is 1. The lowest BCUT2D eigenvalue weighted by molar-refractivity contribution is -0.118. The number of aryl methyl sites for hydroxylation is 1. The van der Waals surface area contributed by atoms with Gasteiger partial charge < -0.3 is 14.3 Å². The van der Waals surface area contributed by atoms with Crippen LogP contribution in [-0.4, -0.2) is 33.0 Å². The molecule has 0 aliphatic carbocycles. The van der Waals surface area contributed by atoms with Crippen LogP contribution in [0.5, 0.6) is 0 Å². The summed E-state index contributed by atoms with van der Waals surface area (Å²) in [6, 6.07) is 1.86. The number of nitrogens with one attached hydrogen (secondary N) is 1. The molecule has 0 aliphatic rings. The fraction of sp³-hybridized carbons (Fsp3) is 0.417. The van der Waals surface area contributed by atoms with Crippen LogP contribution < -0.4 is 5.32 Å². The highest BCUT2D eigenvalue weighted by Gasteiger charge is 2.15. The molecule has 2 rings (SSSR count). The standard InChI is InChI=1S/C12H16N4O2S/c1-4-13-10(17)7-19-12-15-14-11(16(12)3)9-5-6-18-8(9)2/h5-6H,4,7H2,1-3H3,(H,13,17). The highest BCUT2D eigenvalue weighted by Crippen LogP contribution is 2.25. The van der Waals surface area contributed by atoms with Gasteiger partial charge in [-0.2, -0.15) is 0 Å². The summed E-state index contributed by atoms with van der Waals surface area (Å²) in [7, 11) is 1.88. The number of nitrogens with zero attached hydrogens (tertiary/aromatic N) is 3. The zero-order chi connectivity index (χ0) is 13.8. The Balaban J connectivity index is 2.11. The normalized spacial score (nSPS) is 10.7. The second-order valence-electron chi connectivity index (χ2n) is 4.00. The van der Waals surface area contributed by atoms with Gasteiger partial charge in [-0.3, -0.25) is 4.79 Å². The van der Waals surface area contributed by atoms with Gasteiger partial charge in [0.1, 0.15) is 5.76 Å². The van der Waals surface area contributed by atoms with Crippen molar-refractivity contribution in [3.05, 3.63) is 18.1 Å². The topological polar surface area (TPSA) is 73.0 Å². The Bertz CT molecular complexity index is 576. The summed E-state index contributed by atoms with van der Waals surface area (Å²) >= 11 is 1.37. The average molecular weight is 280 g/mol. The van der Waals surface area contributed by atoms with E-state index in [-0.39, 0.29) is 5.91 Å². The van der Waals surface area contributed by atoms with Crippen molar-refractivity contribution < 1.29 is 9.21 Å². The predicted octanol–water partition coefficient (Wildman–Crippen LogP) is 1.61. The van der Waals surface area contributed by atoms with Crippen molar-refractivity contribution in [1.29, 1.82) is 0 Å². The van der Waals surface area contributed by atoms with Gasteiger partial charge in [0, 0.05) is 13.6 Å². The first-order chi connectivity index (χ1) is 9.13. The third-order valence-corrected chi connectivity index (χ3v) is 3.66. The third kappa shape index (κ3) is 2.98. The minimum absolute atomic E-state index is 0.00320. The average Bonchev–Trinajstić information content (AvgIpc) is 2.94. The van der Waals surface area contributed by atoms with Crippen molar-refractivity contribution in [3.63, 3.8) is 0 Å². The first kappa shape index (κ1) is 13.7. The molecule has 0 atom stereocenters. The molecular weight excluding hydrogens is 264 g/mol. The zero-order valence-electron chi connectivity index (χ0n) is 11.1. The van der Waals surface area contributed by atoms with Gasteiger partial charge in [-0.15, -0.1) is 10.2 Å². The summed E-state index contributed by atoms with van der Waals surface area (Å²) < 4.78 is 7.12. The summed E-state index contributed by atoms with van der Waals surface area (Å²) in [5.74, 6) is 1.88. The quantitative estimate of drug-likeness (QED) is 0.842. The molecular formula is C12H16N4O2S. The maximum Gasteiger partial charge on any atom is 0.230 e. The van der Waals surface area contributed by atoms with E-state index in [2.05, 4.69) is 15.5 Å². The van der Waals surface area contributed by atoms with Gasteiger partial charge in [-0.1, -0.05) is 11.8 Å². The maximum absolute atomic E-state index is 11.4. The predicted molar refractivity (Wildman–Crippen MR) is 72.8 cm³/mol. The molecule has 2 aromatic rings. The molecule has 0 radical (unpaired) electrons. The van der Waals surface area contributed by atoms with Crippen LogP contribution >= 0.6 is 11.8 Å². The Morgan fingerprint density at radius 1 is 1.53 bits per heavy atom. The summed E-state index contributed by atoms with van der Waals surface area (Å²) in [6.45, 7) is 4.41. The zero-order valence-corrected chi connectivity index (χ0v) is 12.0. The second-order valence-corrected chi connectivity index (χ2v) is 4.94. The van der Waals surface area contributed by atoms with E-state index in [4.69, 9.17) is 4.42 Å². The maximum atomic E-state index is 11.4. The van der Waals surface area contributed by atoms with Gasteiger partial charge in [-0.05, 0) is 19.9 Å². The van der Waals surface area contributed by atoms with E-state index in [1.54, 1.807) is 6.26 Å². The van der Waals surface area contributed by atoms with Gasteiger partial charge in [0.25, 0.3) is 0 Å². The highest BCUT2D eigenvalue weighted by atomic mass is 32.2. The van der Waals surface area contributed by atoms with Crippen LogP contribution in [0.25, 0.3) is 11.4 Å². The Labute approximate surface area is 115 Å². The Morgan fingerprint density at radius 3 is 2.95 bits per heavy atom. The molecule has 2 heterocycles.